The minimum absolute atomic E-state index is 0.586. The Bertz CT molecular complexity index is 583. The van der Waals surface area contributed by atoms with Crippen molar-refractivity contribution >= 4 is 21.6 Å². The molecular weight excluding hydrogens is 312 g/mol. The summed E-state index contributed by atoms with van der Waals surface area (Å²) in [4.78, 5) is 2.46. The van der Waals surface area contributed by atoms with Gasteiger partial charge in [0.15, 0.2) is 0 Å². The Kier molecular flexibility index (Phi) is 4.08. The SMILES string of the molecule is NCc1cc(Br)cc(N2CCC(c3ccccc3)C2)c1. The van der Waals surface area contributed by atoms with E-state index in [1.165, 1.54) is 23.2 Å². The fourth-order valence-corrected chi connectivity index (χ4v) is 3.45. The Morgan fingerprint density at radius 1 is 1.15 bits per heavy atom. The molecule has 2 aromatic rings. The van der Waals surface area contributed by atoms with Gasteiger partial charge in [-0.2, -0.15) is 0 Å². The average Bonchev–Trinajstić information content (AvgIpc) is 2.97. The monoisotopic (exact) mass is 330 g/mol. The quantitative estimate of drug-likeness (QED) is 0.924. The van der Waals surface area contributed by atoms with Gasteiger partial charge in [-0.15, -0.1) is 0 Å². The van der Waals surface area contributed by atoms with Crippen molar-refractivity contribution in [1.82, 2.24) is 0 Å². The minimum Gasteiger partial charge on any atom is -0.371 e. The summed E-state index contributed by atoms with van der Waals surface area (Å²) in [6.45, 7) is 2.78. The third-order valence-electron chi connectivity index (χ3n) is 4.00. The maximum atomic E-state index is 5.77. The van der Waals surface area contributed by atoms with Gasteiger partial charge in [-0.3, -0.25) is 0 Å². The number of hydrogen-bond acceptors (Lipinski definition) is 2. The second kappa shape index (κ2) is 5.98. The molecule has 0 spiro atoms. The molecule has 0 saturated carbocycles. The molecule has 0 aromatic heterocycles. The zero-order valence-electron chi connectivity index (χ0n) is 11.4. The molecule has 2 aromatic carbocycles. The molecule has 1 heterocycles. The number of benzene rings is 2. The van der Waals surface area contributed by atoms with Gasteiger partial charge in [-0.05, 0) is 35.7 Å². The Morgan fingerprint density at radius 3 is 2.70 bits per heavy atom. The van der Waals surface area contributed by atoms with Crippen molar-refractivity contribution in [3.8, 4) is 0 Å². The Balaban J connectivity index is 1.79. The van der Waals surface area contributed by atoms with Gasteiger partial charge < -0.3 is 10.6 Å². The predicted octanol–water partition coefficient (Wildman–Crippen LogP) is 3.90. The zero-order chi connectivity index (χ0) is 13.9. The van der Waals surface area contributed by atoms with Gasteiger partial charge in [0.1, 0.15) is 0 Å². The lowest BCUT2D eigenvalue weighted by atomic mass is 9.99. The van der Waals surface area contributed by atoms with E-state index in [1.54, 1.807) is 0 Å². The van der Waals surface area contributed by atoms with Crippen LogP contribution in [0.2, 0.25) is 0 Å². The number of halogens is 1. The molecule has 0 radical (unpaired) electrons. The fourth-order valence-electron chi connectivity index (χ4n) is 2.93. The summed E-state index contributed by atoms with van der Waals surface area (Å²) in [6.07, 6.45) is 1.22. The standard InChI is InChI=1S/C17H19BrN2/c18-16-8-13(11-19)9-17(10-16)20-7-6-15(12-20)14-4-2-1-3-5-14/h1-5,8-10,15H,6-7,11-12,19H2. The molecule has 2 nitrogen and oxygen atoms in total. The summed E-state index contributed by atoms with van der Waals surface area (Å²) in [5.41, 5.74) is 9.67. The Morgan fingerprint density at radius 2 is 1.95 bits per heavy atom. The second-order valence-electron chi connectivity index (χ2n) is 5.36. The van der Waals surface area contributed by atoms with E-state index in [4.69, 9.17) is 5.73 Å². The molecule has 3 heteroatoms. The van der Waals surface area contributed by atoms with Crippen LogP contribution in [0.4, 0.5) is 5.69 Å². The van der Waals surface area contributed by atoms with E-state index in [1.807, 2.05) is 0 Å². The van der Waals surface area contributed by atoms with E-state index in [2.05, 4.69) is 69.4 Å². The molecule has 1 unspecified atom stereocenters. The first-order valence-electron chi connectivity index (χ1n) is 7.05. The molecule has 3 rings (SSSR count). The van der Waals surface area contributed by atoms with Crippen LogP contribution in [-0.2, 0) is 6.54 Å². The number of anilines is 1. The summed E-state index contributed by atoms with van der Waals surface area (Å²) in [7, 11) is 0. The topological polar surface area (TPSA) is 29.3 Å². The highest BCUT2D eigenvalue weighted by molar-refractivity contribution is 9.10. The predicted molar refractivity (Wildman–Crippen MR) is 88.0 cm³/mol. The first-order valence-corrected chi connectivity index (χ1v) is 7.85. The maximum absolute atomic E-state index is 5.77. The maximum Gasteiger partial charge on any atom is 0.0380 e. The number of rotatable bonds is 3. The molecule has 1 aliphatic rings. The molecule has 2 N–H and O–H groups in total. The first kappa shape index (κ1) is 13.7. The van der Waals surface area contributed by atoms with Gasteiger partial charge in [0.05, 0.1) is 0 Å². The van der Waals surface area contributed by atoms with Gasteiger partial charge in [0.2, 0.25) is 0 Å². The fraction of sp³-hybridized carbons (Fsp3) is 0.294. The van der Waals surface area contributed by atoms with Crippen LogP contribution in [0.5, 0.6) is 0 Å². The molecular formula is C17H19BrN2. The number of nitrogens with two attached hydrogens (primary N) is 1. The van der Waals surface area contributed by atoms with Crippen LogP contribution in [0.15, 0.2) is 53.0 Å². The Hall–Kier alpha value is -1.32. The molecule has 0 bridgehead atoms. The number of hydrogen-bond donors (Lipinski definition) is 1. The Labute approximate surface area is 128 Å². The summed E-state index contributed by atoms with van der Waals surface area (Å²) < 4.78 is 1.11. The third-order valence-corrected chi connectivity index (χ3v) is 4.46. The average molecular weight is 331 g/mol. The van der Waals surface area contributed by atoms with E-state index >= 15 is 0 Å². The van der Waals surface area contributed by atoms with Crippen LogP contribution < -0.4 is 10.6 Å². The molecule has 1 fully saturated rings. The van der Waals surface area contributed by atoms with E-state index in [0.29, 0.717) is 12.5 Å². The van der Waals surface area contributed by atoms with E-state index < -0.39 is 0 Å². The van der Waals surface area contributed by atoms with Crippen LogP contribution in [0.25, 0.3) is 0 Å². The largest absolute Gasteiger partial charge is 0.371 e. The van der Waals surface area contributed by atoms with Crippen molar-refractivity contribution in [2.75, 3.05) is 18.0 Å². The summed E-state index contributed by atoms with van der Waals surface area (Å²) in [5.74, 6) is 0.636. The van der Waals surface area contributed by atoms with Crippen molar-refractivity contribution in [3.63, 3.8) is 0 Å². The minimum atomic E-state index is 0.586. The third kappa shape index (κ3) is 2.89. The molecule has 0 aliphatic carbocycles. The van der Waals surface area contributed by atoms with Gasteiger partial charge in [-0.1, -0.05) is 46.3 Å². The molecule has 0 amide bonds. The normalized spacial score (nSPS) is 18.5. The van der Waals surface area contributed by atoms with Crippen molar-refractivity contribution < 1.29 is 0 Å². The van der Waals surface area contributed by atoms with Gasteiger partial charge in [0.25, 0.3) is 0 Å². The van der Waals surface area contributed by atoms with E-state index in [0.717, 1.165) is 17.6 Å². The lowest BCUT2D eigenvalue weighted by Crippen LogP contribution is -2.19. The molecule has 1 saturated heterocycles. The van der Waals surface area contributed by atoms with Crippen LogP contribution in [-0.4, -0.2) is 13.1 Å². The second-order valence-corrected chi connectivity index (χ2v) is 6.28. The van der Waals surface area contributed by atoms with Crippen LogP contribution >= 0.6 is 15.9 Å². The van der Waals surface area contributed by atoms with Crippen molar-refractivity contribution in [2.45, 2.75) is 18.9 Å². The van der Waals surface area contributed by atoms with Gasteiger partial charge >= 0.3 is 0 Å². The van der Waals surface area contributed by atoms with Crippen molar-refractivity contribution in [2.24, 2.45) is 5.73 Å². The highest BCUT2D eigenvalue weighted by Gasteiger charge is 2.24. The zero-order valence-corrected chi connectivity index (χ0v) is 13.0. The summed E-state index contributed by atoms with van der Waals surface area (Å²) >= 11 is 3.58. The van der Waals surface area contributed by atoms with Crippen LogP contribution in [0.3, 0.4) is 0 Å². The molecule has 104 valence electrons. The first-order chi connectivity index (χ1) is 9.76. The molecule has 1 aliphatic heterocycles. The lowest BCUT2D eigenvalue weighted by molar-refractivity contribution is 0.775. The van der Waals surface area contributed by atoms with Gasteiger partial charge in [0, 0.05) is 35.7 Å². The van der Waals surface area contributed by atoms with Crippen molar-refractivity contribution in [3.05, 3.63) is 64.1 Å². The van der Waals surface area contributed by atoms with E-state index in [9.17, 15) is 0 Å². The highest BCUT2D eigenvalue weighted by atomic mass is 79.9. The molecule has 1 atom stereocenters. The van der Waals surface area contributed by atoms with Crippen LogP contribution in [0, 0.1) is 0 Å². The number of nitrogens with zero attached hydrogens (tertiary/aromatic N) is 1. The van der Waals surface area contributed by atoms with E-state index in [-0.39, 0.29) is 0 Å². The van der Waals surface area contributed by atoms with Gasteiger partial charge in [-0.25, -0.2) is 0 Å². The summed E-state index contributed by atoms with van der Waals surface area (Å²) in [5, 5.41) is 0. The highest BCUT2D eigenvalue weighted by Crippen LogP contribution is 2.32. The lowest BCUT2D eigenvalue weighted by Gasteiger charge is -2.20. The van der Waals surface area contributed by atoms with Crippen LogP contribution in [0.1, 0.15) is 23.5 Å². The van der Waals surface area contributed by atoms with Crippen molar-refractivity contribution in [1.29, 1.82) is 0 Å². The summed E-state index contributed by atoms with van der Waals surface area (Å²) in [6, 6.07) is 17.3. The smallest absolute Gasteiger partial charge is 0.0380 e. The molecule has 20 heavy (non-hydrogen) atoms.